The minimum atomic E-state index is -1.22. The molecule has 0 aliphatic heterocycles. The van der Waals surface area contributed by atoms with E-state index in [9.17, 15) is 14.7 Å². The summed E-state index contributed by atoms with van der Waals surface area (Å²) in [6, 6.07) is 3.05. The van der Waals surface area contributed by atoms with E-state index in [1.807, 2.05) is 6.92 Å². The molecule has 0 aliphatic carbocycles. The van der Waals surface area contributed by atoms with Gasteiger partial charge >= 0.3 is 12.0 Å². The molecule has 0 spiro atoms. The minimum absolute atomic E-state index is 0.225. The van der Waals surface area contributed by atoms with Crippen molar-refractivity contribution in [2.24, 2.45) is 0 Å². The molecular weight excluding hydrogens is 248 g/mol. The van der Waals surface area contributed by atoms with Crippen LogP contribution in [0.4, 0.5) is 4.79 Å². The van der Waals surface area contributed by atoms with E-state index in [0.717, 1.165) is 5.76 Å². The van der Waals surface area contributed by atoms with Gasteiger partial charge in [-0.25, -0.2) is 9.59 Å². The average molecular weight is 268 g/mol. The average Bonchev–Trinajstić information content (AvgIpc) is 2.79. The number of carbonyl (C=O) groups excluding carboxylic acids is 1. The second kappa shape index (κ2) is 6.26. The summed E-state index contributed by atoms with van der Waals surface area (Å²) in [5.41, 5.74) is -1.22. The molecule has 0 fully saturated rings. The van der Waals surface area contributed by atoms with Crippen molar-refractivity contribution < 1.29 is 19.1 Å². The van der Waals surface area contributed by atoms with Gasteiger partial charge in [-0.15, -0.1) is 0 Å². The first kappa shape index (κ1) is 15.1. The molecular formula is C13H20N2O4. The number of rotatable bonds is 6. The van der Waals surface area contributed by atoms with Crippen molar-refractivity contribution in [1.82, 2.24) is 10.6 Å². The fourth-order valence-electron chi connectivity index (χ4n) is 1.79. The number of carboxylic acid groups (broad SMARTS) is 1. The van der Waals surface area contributed by atoms with Crippen LogP contribution in [0.2, 0.25) is 0 Å². The lowest BCUT2D eigenvalue weighted by atomic mass is 9.93. The van der Waals surface area contributed by atoms with Crippen molar-refractivity contribution in [2.75, 3.05) is 0 Å². The highest BCUT2D eigenvalue weighted by molar-refractivity contribution is 5.86. The van der Waals surface area contributed by atoms with Gasteiger partial charge in [0, 0.05) is 0 Å². The highest BCUT2D eigenvalue weighted by Crippen LogP contribution is 2.15. The summed E-state index contributed by atoms with van der Waals surface area (Å²) < 4.78 is 5.31. The highest BCUT2D eigenvalue weighted by atomic mass is 16.4. The van der Waals surface area contributed by atoms with Crippen LogP contribution in [0.15, 0.2) is 16.5 Å². The van der Waals surface area contributed by atoms with E-state index >= 15 is 0 Å². The van der Waals surface area contributed by atoms with Crippen molar-refractivity contribution in [3.05, 3.63) is 23.7 Å². The summed E-state index contributed by atoms with van der Waals surface area (Å²) in [5, 5.41) is 14.3. The molecule has 19 heavy (non-hydrogen) atoms. The third-order valence-corrected chi connectivity index (χ3v) is 3.19. The van der Waals surface area contributed by atoms with Gasteiger partial charge in [0.15, 0.2) is 0 Å². The number of carboxylic acids is 1. The van der Waals surface area contributed by atoms with Gasteiger partial charge in [-0.2, -0.15) is 0 Å². The van der Waals surface area contributed by atoms with Crippen LogP contribution in [0.1, 0.15) is 38.2 Å². The van der Waals surface area contributed by atoms with E-state index in [1.54, 1.807) is 26.0 Å². The highest BCUT2D eigenvalue weighted by Gasteiger charge is 2.36. The Morgan fingerprint density at radius 1 is 1.32 bits per heavy atom. The van der Waals surface area contributed by atoms with Crippen molar-refractivity contribution in [2.45, 2.75) is 45.7 Å². The molecule has 1 rings (SSSR count). The van der Waals surface area contributed by atoms with E-state index in [1.165, 1.54) is 0 Å². The lowest BCUT2D eigenvalue weighted by Gasteiger charge is -2.27. The molecule has 3 N–H and O–H groups in total. The Kier molecular flexibility index (Phi) is 4.97. The predicted molar refractivity (Wildman–Crippen MR) is 69.8 cm³/mol. The smallest absolute Gasteiger partial charge is 0.329 e. The minimum Gasteiger partial charge on any atom is -0.480 e. The van der Waals surface area contributed by atoms with Gasteiger partial charge in [-0.05, 0) is 31.9 Å². The molecule has 0 saturated carbocycles. The maximum atomic E-state index is 11.7. The number of aryl methyl sites for hydroxylation is 1. The molecule has 0 bridgehead atoms. The second-order valence-electron chi connectivity index (χ2n) is 4.41. The van der Waals surface area contributed by atoms with Crippen LogP contribution in [0.5, 0.6) is 0 Å². The van der Waals surface area contributed by atoms with Crippen LogP contribution < -0.4 is 10.6 Å². The Morgan fingerprint density at radius 3 is 2.37 bits per heavy atom. The lowest BCUT2D eigenvalue weighted by Crippen LogP contribution is -2.56. The first-order valence-electron chi connectivity index (χ1n) is 6.28. The Labute approximate surface area is 112 Å². The first-order valence-corrected chi connectivity index (χ1v) is 6.28. The van der Waals surface area contributed by atoms with Gasteiger partial charge in [0.25, 0.3) is 0 Å². The van der Waals surface area contributed by atoms with Gasteiger partial charge in [-0.1, -0.05) is 13.8 Å². The van der Waals surface area contributed by atoms with E-state index in [-0.39, 0.29) is 6.54 Å². The second-order valence-corrected chi connectivity index (χ2v) is 4.41. The molecule has 1 aromatic rings. The molecule has 0 atom stereocenters. The Bertz CT molecular complexity index is 449. The van der Waals surface area contributed by atoms with E-state index < -0.39 is 17.5 Å². The van der Waals surface area contributed by atoms with Crippen molar-refractivity contribution in [1.29, 1.82) is 0 Å². The number of furan rings is 1. The summed E-state index contributed by atoms with van der Waals surface area (Å²) in [4.78, 5) is 23.0. The fraction of sp³-hybridized carbons (Fsp3) is 0.538. The van der Waals surface area contributed by atoms with Crippen LogP contribution in [-0.2, 0) is 11.3 Å². The van der Waals surface area contributed by atoms with Crippen molar-refractivity contribution in [3.63, 3.8) is 0 Å². The monoisotopic (exact) mass is 268 g/mol. The first-order chi connectivity index (χ1) is 8.93. The molecule has 0 radical (unpaired) electrons. The molecule has 106 valence electrons. The number of urea groups is 1. The van der Waals surface area contributed by atoms with Crippen LogP contribution in [0.25, 0.3) is 0 Å². The summed E-state index contributed by atoms with van der Waals surface area (Å²) in [6.45, 7) is 5.50. The summed E-state index contributed by atoms with van der Waals surface area (Å²) in [7, 11) is 0. The van der Waals surface area contributed by atoms with E-state index in [0.29, 0.717) is 18.6 Å². The van der Waals surface area contributed by atoms with Crippen LogP contribution >= 0.6 is 0 Å². The number of hydrogen-bond acceptors (Lipinski definition) is 3. The standard InChI is InChI=1S/C13H20N2O4/c1-4-13(5-2,11(16)17)15-12(18)14-8-10-7-6-9(3)19-10/h6-7H,4-5,8H2,1-3H3,(H,16,17)(H2,14,15,18). The molecule has 0 saturated heterocycles. The third kappa shape index (κ3) is 3.74. The predicted octanol–water partition coefficient (Wildman–Crippen LogP) is 2.03. The summed E-state index contributed by atoms with van der Waals surface area (Å²) >= 11 is 0. The number of nitrogens with one attached hydrogen (secondary N) is 2. The Balaban J connectivity index is 2.56. The largest absolute Gasteiger partial charge is 0.480 e. The number of amides is 2. The zero-order chi connectivity index (χ0) is 14.5. The zero-order valence-corrected chi connectivity index (χ0v) is 11.4. The maximum absolute atomic E-state index is 11.7. The number of aliphatic carboxylic acids is 1. The molecule has 0 aliphatic rings. The number of hydrogen-bond donors (Lipinski definition) is 3. The Morgan fingerprint density at radius 2 is 1.95 bits per heavy atom. The van der Waals surface area contributed by atoms with Gasteiger partial charge in [0.1, 0.15) is 17.1 Å². The normalized spacial score (nSPS) is 11.1. The molecule has 2 amide bonds. The van der Waals surface area contributed by atoms with Crippen LogP contribution in [0, 0.1) is 6.92 Å². The maximum Gasteiger partial charge on any atom is 0.329 e. The summed E-state index contributed by atoms with van der Waals surface area (Å²) in [5.74, 6) is 0.363. The van der Waals surface area contributed by atoms with Gasteiger partial charge in [0.2, 0.25) is 0 Å². The third-order valence-electron chi connectivity index (χ3n) is 3.19. The summed E-state index contributed by atoms with van der Waals surface area (Å²) in [6.07, 6.45) is 0.651. The Hall–Kier alpha value is -1.98. The van der Waals surface area contributed by atoms with E-state index in [4.69, 9.17) is 4.42 Å². The number of carbonyl (C=O) groups is 2. The quantitative estimate of drug-likeness (QED) is 0.736. The van der Waals surface area contributed by atoms with Gasteiger partial charge < -0.3 is 20.2 Å². The molecule has 1 heterocycles. The van der Waals surface area contributed by atoms with Crippen molar-refractivity contribution >= 4 is 12.0 Å². The molecule has 0 unspecified atom stereocenters. The van der Waals surface area contributed by atoms with Crippen LogP contribution in [0.3, 0.4) is 0 Å². The molecule has 1 aromatic heterocycles. The molecule has 6 heteroatoms. The van der Waals surface area contributed by atoms with Crippen LogP contribution in [-0.4, -0.2) is 22.6 Å². The van der Waals surface area contributed by atoms with Gasteiger partial charge in [0.05, 0.1) is 6.54 Å². The molecule has 6 nitrogen and oxygen atoms in total. The topological polar surface area (TPSA) is 91.6 Å². The van der Waals surface area contributed by atoms with Gasteiger partial charge in [-0.3, -0.25) is 0 Å². The lowest BCUT2D eigenvalue weighted by molar-refractivity contribution is -0.144. The fourth-order valence-corrected chi connectivity index (χ4v) is 1.79. The molecule has 0 aromatic carbocycles. The zero-order valence-electron chi connectivity index (χ0n) is 11.4. The van der Waals surface area contributed by atoms with Crippen molar-refractivity contribution in [3.8, 4) is 0 Å². The van der Waals surface area contributed by atoms with E-state index in [2.05, 4.69) is 10.6 Å². The SMILES string of the molecule is CCC(CC)(NC(=O)NCc1ccc(C)o1)C(=O)O.